The number of aromatic carboxylic acids is 1. The zero-order valence-electron chi connectivity index (χ0n) is 14.6. The Hall–Kier alpha value is -3.64. The van der Waals surface area contributed by atoms with E-state index in [1.807, 2.05) is 29.6 Å². The molecule has 2 N–H and O–H groups in total. The van der Waals surface area contributed by atoms with Gasteiger partial charge < -0.3 is 15.2 Å². The Morgan fingerprint density at radius 3 is 2.43 bits per heavy atom. The Morgan fingerprint density at radius 2 is 1.64 bits per heavy atom. The molecule has 28 heavy (non-hydrogen) atoms. The standard InChI is InChI=1S/C22H15NO4S/c24-21(14-4-2-1-3-5-14)23-19-13-17(6-8-18(19)22(25)26)27-16-7-9-20-15(12-16)10-11-28-20/h1-13H,(H,23,24)(H,25,26). The van der Waals surface area contributed by atoms with Crippen LogP contribution in [-0.4, -0.2) is 17.0 Å². The molecule has 0 aliphatic rings. The minimum atomic E-state index is -1.13. The van der Waals surface area contributed by atoms with Crippen molar-refractivity contribution < 1.29 is 19.4 Å². The summed E-state index contributed by atoms with van der Waals surface area (Å²) in [6.07, 6.45) is 0. The van der Waals surface area contributed by atoms with E-state index in [2.05, 4.69) is 5.32 Å². The molecule has 1 aromatic heterocycles. The fourth-order valence-corrected chi connectivity index (χ4v) is 3.58. The zero-order valence-corrected chi connectivity index (χ0v) is 15.4. The van der Waals surface area contributed by atoms with E-state index in [9.17, 15) is 14.7 Å². The summed E-state index contributed by atoms with van der Waals surface area (Å²) in [5.41, 5.74) is 0.605. The summed E-state index contributed by atoms with van der Waals surface area (Å²) in [6, 6.07) is 20.9. The molecule has 5 nitrogen and oxygen atoms in total. The molecule has 0 spiro atoms. The van der Waals surface area contributed by atoms with Crippen molar-refractivity contribution in [3.8, 4) is 11.5 Å². The number of fused-ring (bicyclic) bond motifs is 1. The van der Waals surface area contributed by atoms with Crippen LogP contribution in [0.5, 0.6) is 11.5 Å². The molecular weight excluding hydrogens is 374 g/mol. The molecule has 0 atom stereocenters. The van der Waals surface area contributed by atoms with Gasteiger partial charge in [0, 0.05) is 16.3 Å². The van der Waals surface area contributed by atoms with Crippen molar-refractivity contribution in [2.45, 2.75) is 0 Å². The number of anilines is 1. The second-order valence-electron chi connectivity index (χ2n) is 6.05. The number of rotatable bonds is 5. The smallest absolute Gasteiger partial charge is 0.337 e. The molecule has 0 saturated heterocycles. The summed E-state index contributed by atoms with van der Waals surface area (Å²) in [4.78, 5) is 24.0. The summed E-state index contributed by atoms with van der Waals surface area (Å²) in [6.45, 7) is 0. The molecule has 0 aliphatic heterocycles. The van der Waals surface area contributed by atoms with Crippen molar-refractivity contribution in [1.29, 1.82) is 0 Å². The van der Waals surface area contributed by atoms with Crippen LogP contribution in [0.3, 0.4) is 0 Å². The summed E-state index contributed by atoms with van der Waals surface area (Å²) in [7, 11) is 0. The highest BCUT2D eigenvalue weighted by Crippen LogP contribution is 2.31. The maximum atomic E-state index is 12.4. The van der Waals surface area contributed by atoms with Crippen molar-refractivity contribution in [2.75, 3.05) is 5.32 Å². The Labute approximate surface area is 164 Å². The third-order valence-corrected chi connectivity index (χ3v) is 5.06. The van der Waals surface area contributed by atoms with Gasteiger partial charge in [-0.25, -0.2) is 4.79 Å². The topological polar surface area (TPSA) is 75.6 Å². The number of hydrogen-bond acceptors (Lipinski definition) is 4. The largest absolute Gasteiger partial charge is 0.478 e. The quantitative estimate of drug-likeness (QED) is 0.463. The number of carbonyl (C=O) groups is 2. The minimum Gasteiger partial charge on any atom is -0.478 e. The third-order valence-electron chi connectivity index (χ3n) is 4.17. The molecule has 0 aliphatic carbocycles. The van der Waals surface area contributed by atoms with Crippen molar-refractivity contribution in [3.05, 3.63) is 89.3 Å². The monoisotopic (exact) mass is 389 g/mol. The second-order valence-corrected chi connectivity index (χ2v) is 7.00. The van der Waals surface area contributed by atoms with E-state index in [-0.39, 0.29) is 17.2 Å². The van der Waals surface area contributed by atoms with Gasteiger partial charge in [-0.05, 0) is 59.3 Å². The van der Waals surface area contributed by atoms with E-state index < -0.39 is 5.97 Å². The van der Waals surface area contributed by atoms with Crippen LogP contribution < -0.4 is 10.1 Å². The molecule has 138 valence electrons. The Balaban J connectivity index is 1.63. The first-order valence-corrected chi connectivity index (χ1v) is 9.37. The van der Waals surface area contributed by atoms with Crippen LogP contribution in [0.15, 0.2) is 78.2 Å². The van der Waals surface area contributed by atoms with Gasteiger partial charge in [-0.3, -0.25) is 4.79 Å². The van der Waals surface area contributed by atoms with Crippen LogP contribution in [0.1, 0.15) is 20.7 Å². The van der Waals surface area contributed by atoms with Crippen LogP contribution in [-0.2, 0) is 0 Å². The van der Waals surface area contributed by atoms with Gasteiger partial charge in [-0.15, -0.1) is 11.3 Å². The lowest BCUT2D eigenvalue weighted by atomic mass is 10.1. The summed E-state index contributed by atoms with van der Waals surface area (Å²) >= 11 is 1.65. The van der Waals surface area contributed by atoms with E-state index in [1.54, 1.807) is 47.7 Å². The number of ether oxygens (including phenoxy) is 1. The number of carboxylic acids is 1. The number of carboxylic acid groups (broad SMARTS) is 1. The van der Waals surface area contributed by atoms with Crippen molar-refractivity contribution in [1.82, 2.24) is 0 Å². The molecule has 0 bridgehead atoms. The van der Waals surface area contributed by atoms with Gasteiger partial charge in [-0.2, -0.15) is 0 Å². The fourth-order valence-electron chi connectivity index (χ4n) is 2.81. The molecule has 0 radical (unpaired) electrons. The summed E-state index contributed by atoms with van der Waals surface area (Å²) in [5.74, 6) is -0.452. The number of amides is 1. The number of nitrogens with one attached hydrogen (secondary N) is 1. The van der Waals surface area contributed by atoms with Crippen LogP contribution >= 0.6 is 11.3 Å². The van der Waals surface area contributed by atoms with Crippen LogP contribution in [0.4, 0.5) is 5.69 Å². The first-order chi connectivity index (χ1) is 13.6. The van der Waals surface area contributed by atoms with Gasteiger partial charge in [0.15, 0.2) is 0 Å². The van der Waals surface area contributed by atoms with Crippen LogP contribution in [0.2, 0.25) is 0 Å². The molecule has 6 heteroatoms. The molecule has 4 rings (SSSR count). The normalized spacial score (nSPS) is 10.6. The van der Waals surface area contributed by atoms with Crippen molar-refractivity contribution in [3.63, 3.8) is 0 Å². The lowest BCUT2D eigenvalue weighted by molar-refractivity contribution is 0.0698. The van der Waals surface area contributed by atoms with Crippen molar-refractivity contribution in [2.24, 2.45) is 0 Å². The van der Waals surface area contributed by atoms with Gasteiger partial charge in [0.2, 0.25) is 0 Å². The molecule has 3 aromatic carbocycles. The average Bonchev–Trinajstić information content (AvgIpc) is 3.16. The summed E-state index contributed by atoms with van der Waals surface area (Å²) < 4.78 is 7.04. The van der Waals surface area contributed by atoms with E-state index in [1.165, 1.54) is 12.1 Å². The average molecular weight is 389 g/mol. The fraction of sp³-hybridized carbons (Fsp3) is 0. The maximum Gasteiger partial charge on any atom is 0.337 e. The lowest BCUT2D eigenvalue weighted by Gasteiger charge is -2.12. The lowest BCUT2D eigenvalue weighted by Crippen LogP contribution is -2.14. The molecule has 1 amide bonds. The Morgan fingerprint density at radius 1 is 0.893 bits per heavy atom. The number of thiophene rings is 1. The van der Waals surface area contributed by atoms with Crippen LogP contribution in [0, 0.1) is 0 Å². The number of hydrogen-bond donors (Lipinski definition) is 2. The van der Waals surface area contributed by atoms with Gasteiger partial charge >= 0.3 is 5.97 Å². The van der Waals surface area contributed by atoms with E-state index in [0.29, 0.717) is 17.1 Å². The number of benzene rings is 3. The first-order valence-electron chi connectivity index (χ1n) is 8.49. The highest BCUT2D eigenvalue weighted by Gasteiger charge is 2.15. The zero-order chi connectivity index (χ0) is 19.5. The Kier molecular flexibility index (Phi) is 4.78. The van der Waals surface area contributed by atoms with Gasteiger partial charge in [0.25, 0.3) is 5.91 Å². The molecule has 0 unspecified atom stereocenters. The van der Waals surface area contributed by atoms with Gasteiger partial charge in [0.05, 0.1) is 11.3 Å². The highest BCUT2D eigenvalue weighted by molar-refractivity contribution is 7.17. The molecule has 1 heterocycles. The van der Waals surface area contributed by atoms with E-state index in [4.69, 9.17) is 4.74 Å². The van der Waals surface area contributed by atoms with Gasteiger partial charge in [-0.1, -0.05) is 18.2 Å². The molecular formula is C22H15NO4S. The van der Waals surface area contributed by atoms with Crippen molar-refractivity contribution >= 4 is 39.0 Å². The number of carbonyl (C=O) groups excluding carboxylic acids is 1. The summed E-state index contributed by atoms with van der Waals surface area (Å²) in [5, 5.41) is 15.2. The predicted octanol–water partition coefficient (Wildman–Crippen LogP) is 5.64. The minimum absolute atomic E-state index is 0.00934. The molecule has 4 aromatic rings. The first kappa shape index (κ1) is 17.8. The van der Waals surface area contributed by atoms with Crippen LogP contribution in [0.25, 0.3) is 10.1 Å². The van der Waals surface area contributed by atoms with Gasteiger partial charge in [0.1, 0.15) is 11.5 Å². The maximum absolute atomic E-state index is 12.4. The highest BCUT2D eigenvalue weighted by atomic mass is 32.1. The SMILES string of the molecule is O=C(Nc1cc(Oc2ccc3sccc3c2)ccc1C(=O)O)c1ccccc1. The molecule has 0 saturated carbocycles. The third kappa shape index (κ3) is 3.72. The Bertz CT molecular complexity index is 1170. The van der Waals surface area contributed by atoms with E-state index >= 15 is 0 Å². The molecule has 0 fully saturated rings. The second kappa shape index (κ2) is 7.54. The predicted molar refractivity (Wildman–Crippen MR) is 110 cm³/mol. The van der Waals surface area contributed by atoms with E-state index in [0.717, 1.165) is 10.1 Å².